The molecule has 0 aliphatic carbocycles. The summed E-state index contributed by atoms with van der Waals surface area (Å²) in [4.78, 5) is 10.6. The number of Topliss-reactive ketones (excluding diaryl/α,β-unsaturated/α-hetero) is 1. The van der Waals surface area contributed by atoms with Crippen molar-refractivity contribution in [2.24, 2.45) is 0 Å². The van der Waals surface area contributed by atoms with Gasteiger partial charge in [0.25, 0.3) is 9.84 Å². The summed E-state index contributed by atoms with van der Waals surface area (Å²) in [6.07, 6.45) is 1.98. The predicted octanol–water partition coefficient (Wildman–Crippen LogP) is 6.58. The van der Waals surface area contributed by atoms with Crippen molar-refractivity contribution in [1.29, 1.82) is 0 Å². The molecule has 0 unspecified atom stereocenters. The van der Waals surface area contributed by atoms with Crippen molar-refractivity contribution in [2.45, 2.75) is 22.5 Å². The molecule has 13 heteroatoms. The van der Waals surface area contributed by atoms with E-state index in [0.29, 0.717) is 11.6 Å². The van der Waals surface area contributed by atoms with Crippen molar-refractivity contribution in [2.75, 3.05) is 0 Å². The summed E-state index contributed by atoms with van der Waals surface area (Å²) in [6, 6.07) is 13.1. The van der Waals surface area contributed by atoms with Crippen LogP contribution in [0, 0.1) is 0 Å². The quantitative estimate of drug-likeness (QED) is 0.121. The molecule has 0 aliphatic rings. The first-order valence-corrected chi connectivity index (χ1v) is 10.8. The third-order valence-electron chi connectivity index (χ3n) is 4.34. The molecule has 0 saturated heterocycles. The third kappa shape index (κ3) is 4.88. The van der Waals surface area contributed by atoms with Gasteiger partial charge in [0.15, 0.2) is 0 Å². The number of benzene rings is 2. The molecule has 2 aromatic carbocycles. The SMILES string of the molecule is O=C(/C(=C\C=C\c1ccccc1)S(=O)(=O)C(F)(F)C(F)(F)C(F)(F)C(F)(F)Cl)c1ccccc1. The normalized spacial score (nSPS) is 14.4. The molecule has 3 nitrogen and oxygen atoms in total. The number of hydrogen-bond acceptors (Lipinski definition) is 3. The van der Waals surface area contributed by atoms with Gasteiger partial charge in [-0.3, -0.25) is 4.79 Å². The largest absolute Gasteiger partial charge is 0.418 e. The number of hydrogen-bond donors (Lipinski definition) is 0. The van der Waals surface area contributed by atoms with E-state index in [9.17, 15) is 48.3 Å². The van der Waals surface area contributed by atoms with Crippen LogP contribution in [-0.2, 0) is 9.84 Å². The number of carbonyl (C=O) groups excluding carboxylic acids is 1. The van der Waals surface area contributed by atoms with Crippen molar-refractivity contribution < 1.29 is 48.3 Å². The van der Waals surface area contributed by atoms with Crippen LogP contribution in [0.25, 0.3) is 6.08 Å². The summed E-state index contributed by atoms with van der Waals surface area (Å²) in [5.74, 6) is -16.0. The van der Waals surface area contributed by atoms with Crippen molar-refractivity contribution in [3.05, 3.63) is 88.8 Å². The monoisotopic (exact) mass is 532 g/mol. The highest BCUT2D eigenvalue weighted by atomic mass is 35.5. The Labute approximate surface area is 193 Å². The third-order valence-corrected chi connectivity index (χ3v) is 6.41. The maximum absolute atomic E-state index is 14.5. The maximum atomic E-state index is 14.5. The second-order valence-electron chi connectivity index (χ2n) is 6.66. The van der Waals surface area contributed by atoms with Gasteiger partial charge < -0.3 is 0 Å². The predicted molar refractivity (Wildman–Crippen MR) is 109 cm³/mol. The van der Waals surface area contributed by atoms with E-state index in [0.717, 1.165) is 18.2 Å². The fourth-order valence-corrected chi connectivity index (χ4v) is 3.98. The lowest BCUT2D eigenvalue weighted by atomic mass is 10.1. The summed E-state index contributed by atoms with van der Waals surface area (Å²) >= 11 is 3.87. The summed E-state index contributed by atoms with van der Waals surface area (Å²) in [5, 5.41) is -13.1. The van der Waals surface area contributed by atoms with E-state index < -0.39 is 48.6 Å². The van der Waals surface area contributed by atoms with E-state index in [4.69, 9.17) is 0 Å². The molecule has 184 valence electrons. The second-order valence-corrected chi connectivity index (χ2v) is 9.10. The Morgan fingerprint density at radius 1 is 0.765 bits per heavy atom. The Morgan fingerprint density at radius 3 is 1.71 bits per heavy atom. The van der Waals surface area contributed by atoms with Crippen LogP contribution in [-0.4, -0.2) is 36.7 Å². The summed E-state index contributed by atoms with van der Waals surface area (Å²) in [5.41, 5.74) is -0.230. The molecule has 0 fully saturated rings. The molecule has 0 spiro atoms. The molecule has 2 rings (SSSR count). The van der Waals surface area contributed by atoms with Crippen molar-refractivity contribution >= 4 is 33.3 Å². The van der Waals surface area contributed by atoms with Crippen molar-refractivity contribution in [3.8, 4) is 0 Å². The fraction of sp³-hybridized carbons (Fsp3) is 0.190. The lowest BCUT2D eigenvalue weighted by Crippen LogP contribution is -2.63. The summed E-state index contributed by atoms with van der Waals surface area (Å²) in [6.45, 7) is 0. The molecule has 0 saturated carbocycles. The maximum Gasteiger partial charge on any atom is 0.418 e. The highest BCUT2D eigenvalue weighted by Crippen LogP contribution is 2.56. The topological polar surface area (TPSA) is 51.2 Å². The number of sulfone groups is 1. The van der Waals surface area contributed by atoms with E-state index in [1.54, 1.807) is 6.07 Å². The molecule has 0 heterocycles. The molecule has 34 heavy (non-hydrogen) atoms. The minimum Gasteiger partial charge on any atom is -0.288 e. The van der Waals surface area contributed by atoms with Crippen LogP contribution in [0.3, 0.4) is 0 Å². The van der Waals surface area contributed by atoms with Gasteiger partial charge in [0.1, 0.15) is 4.91 Å². The fourth-order valence-electron chi connectivity index (χ4n) is 2.50. The summed E-state index contributed by atoms with van der Waals surface area (Å²) in [7, 11) is -7.00. The molecular formula is C21H13ClF8O3S. The average Bonchev–Trinajstić information content (AvgIpc) is 2.76. The van der Waals surface area contributed by atoms with Gasteiger partial charge in [0, 0.05) is 5.56 Å². The van der Waals surface area contributed by atoms with Crippen LogP contribution >= 0.6 is 11.6 Å². The number of allylic oxidation sites excluding steroid dienone is 3. The van der Waals surface area contributed by atoms with Crippen LogP contribution in [0.4, 0.5) is 35.1 Å². The van der Waals surface area contributed by atoms with Crippen LogP contribution < -0.4 is 0 Å². The van der Waals surface area contributed by atoms with Gasteiger partial charge in [-0.15, -0.1) is 0 Å². The Morgan fingerprint density at radius 2 is 1.24 bits per heavy atom. The van der Waals surface area contributed by atoms with Gasteiger partial charge in [-0.25, -0.2) is 8.42 Å². The van der Waals surface area contributed by atoms with Gasteiger partial charge in [0.05, 0.1) is 0 Å². The van der Waals surface area contributed by atoms with E-state index >= 15 is 0 Å². The molecule has 0 atom stereocenters. The first-order valence-electron chi connectivity index (χ1n) is 8.96. The van der Waals surface area contributed by atoms with Gasteiger partial charge in [-0.2, -0.15) is 35.1 Å². The van der Waals surface area contributed by atoms with Crippen LogP contribution in [0.5, 0.6) is 0 Å². The molecular weight excluding hydrogens is 520 g/mol. The zero-order chi connectivity index (χ0) is 26.0. The number of alkyl halides is 9. The first-order chi connectivity index (χ1) is 15.5. The molecule has 0 amide bonds. The highest BCUT2D eigenvalue weighted by Gasteiger charge is 2.84. The van der Waals surface area contributed by atoms with Gasteiger partial charge in [-0.05, 0) is 23.2 Å². The number of ketones is 1. The smallest absolute Gasteiger partial charge is 0.288 e. The second kappa shape index (κ2) is 9.49. The van der Waals surface area contributed by atoms with E-state index in [2.05, 4.69) is 11.6 Å². The molecule has 0 N–H and O–H groups in total. The summed E-state index contributed by atoms with van der Waals surface area (Å²) < 4.78 is 134. The number of carbonyl (C=O) groups is 1. The molecule has 0 aromatic heterocycles. The van der Waals surface area contributed by atoms with Crippen molar-refractivity contribution in [1.82, 2.24) is 0 Å². The number of halogens is 9. The van der Waals surface area contributed by atoms with E-state index in [-0.39, 0.29) is 6.08 Å². The molecule has 2 aromatic rings. The van der Waals surface area contributed by atoms with Gasteiger partial charge >= 0.3 is 22.5 Å². The van der Waals surface area contributed by atoms with Crippen LogP contribution in [0.1, 0.15) is 15.9 Å². The average molecular weight is 533 g/mol. The molecule has 0 bridgehead atoms. The van der Waals surface area contributed by atoms with Crippen molar-refractivity contribution in [3.63, 3.8) is 0 Å². The van der Waals surface area contributed by atoms with Gasteiger partial charge in [-0.1, -0.05) is 72.8 Å². The Kier molecular flexibility index (Phi) is 7.68. The van der Waals surface area contributed by atoms with E-state index in [1.165, 1.54) is 42.5 Å². The highest BCUT2D eigenvalue weighted by molar-refractivity contribution is 7.97. The lowest BCUT2D eigenvalue weighted by molar-refractivity contribution is -0.326. The van der Waals surface area contributed by atoms with E-state index in [1.807, 2.05) is 0 Å². The molecule has 0 radical (unpaired) electrons. The Balaban J connectivity index is 2.69. The van der Waals surface area contributed by atoms with Crippen LogP contribution in [0.2, 0.25) is 0 Å². The lowest BCUT2D eigenvalue weighted by Gasteiger charge is -2.34. The Bertz CT molecular complexity index is 1190. The minimum absolute atomic E-state index is 0.179. The minimum atomic E-state index is -7.22. The van der Waals surface area contributed by atoms with Crippen LogP contribution in [0.15, 0.2) is 77.7 Å². The van der Waals surface area contributed by atoms with Gasteiger partial charge in [0.2, 0.25) is 5.78 Å². The number of rotatable bonds is 9. The zero-order valence-electron chi connectivity index (χ0n) is 16.5. The standard InChI is InChI=1S/C21H13ClF8O3S/c22-20(27,28)18(23,24)19(25,26)21(29,30)34(32,33)16(17(31)15-11-5-2-6-12-15)13-7-10-14-8-3-1-4-9-14/h1-13H/b10-7+,16-13+. The Hall–Kier alpha value is -2.73. The molecule has 0 aliphatic heterocycles. The first kappa shape index (κ1) is 27.5. The zero-order valence-corrected chi connectivity index (χ0v) is 18.1.